The lowest BCUT2D eigenvalue weighted by atomic mass is 9.92. The highest BCUT2D eigenvalue weighted by Crippen LogP contribution is 2.28. The topological polar surface area (TPSA) is 93.7 Å². The first-order chi connectivity index (χ1) is 20.3. The molecule has 4 rings (SSSR count). The van der Waals surface area contributed by atoms with Gasteiger partial charge in [0.2, 0.25) is 0 Å². The van der Waals surface area contributed by atoms with Gasteiger partial charge in [0.05, 0.1) is 17.3 Å². The summed E-state index contributed by atoms with van der Waals surface area (Å²) in [6, 6.07) is 16.9. The molecular formula is C33H33F2N3O4. The van der Waals surface area contributed by atoms with Gasteiger partial charge < -0.3 is 9.47 Å². The second-order valence-electron chi connectivity index (χ2n) is 10.3. The normalized spacial score (nSPS) is 11.7. The molecule has 0 aliphatic rings. The maximum atomic E-state index is 14.1. The zero-order valence-electron chi connectivity index (χ0n) is 23.7. The number of benzene rings is 2. The Morgan fingerprint density at radius 3 is 2.48 bits per heavy atom. The van der Waals surface area contributed by atoms with Crippen LogP contribution in [0.25, 0.3) is 5.65 Å². The van der Waals surface area contributed by atoms with Crippen LogP contribution in [-0.2, 0) is 22.7 Å². The maximum absolute atomic E-state index is 14.1. The van der Waals surface area contributed by atoms with E-state index in [1.807, 2.05) is 37.3 Å². The summed E-state index contributed by atoms with van der Waals surface area (Å²) in [5.74, 6) is -1.73. The molecular weight excluding hydrogens is 540 g/mol. The fourth-order valence-electron chi connectivity index (χ4n) is 4.92. The molecule has 0 amide bonds. The molecule has 2 aromatic heterocycles. The molecule has 0 N–H and O–H groups in total. The van der Waals surface area contributed by atoms with Gasteiger partial charge in [0.1, 0.15) is 30.5 Å². The molecule has 0 bridgehead atoms. The lowest BCUT2D eigenvalue weighted by Gasteiger charge is -2.16. The number of fused-ring (bicyclic) bond motifs is 1. The van der Waals surface area contributed by atoms with Gasteiger partial charge in [-0.2, -0.15) is 5.26 Å². The summed E-state index contributed by atoms with van der Waals surface area (Å²) in [5, 5.41) is 8.97. The molecule has 0 saturated carbocycles. The lowest BCUT2D eigenvalue weighted by molar-refractivity contribution is -0.146. The fraction of sp³-hybridized carbons (Fsp3) is 0.333. The number of nitriles is 1. The molecule has 0 spiro atoms. The highest BCUT2D eigenvalue weighted by Gasteiger charge is 2.23. The molecule has 0 aliphatic heterocycles. The summed E-state index contributed by atoms with van der Waals surface area (Å²) >= 11 is 0. The number of carbonyl (C=O) groups excluding carboxylic acids is 2. The van der Waals surface area contributed by atoms with E-state index in [9.17, 15) is 18.4 Å². The van der Waals surface area contributed by atoms with Gasteiger partial charge in [-0.15, -0.1) is 0 Å². The smallest absolute Gasteiger partial charge is 0.306 e. The van der Waals surface area contributed by atoms with E-state index in [4.69, 9.17) is 14.7 Å². The predicted molar refractivity (Wildman–Crippen MR) is 153 cm³/mol. The molecule has 9 heteroatoms. The van der Waals surface area contributed by atoms with Gasteiger partial charge in [0.25, 0.3) is 0 Å². The lowest BCUT2D eigenvalue weighted by Crippen LogP contribution is -2.14. The molecule has 4 aromatic rings. The Morgan fingerprint density at radius 1 is 1.02 bits per heavy atom. The van der Waals surface area contributed by atoms with Crippen molar-refractivity contribution in [2.75, 3.05) is 0 Å². The van der Waals surface area contributed by atoms with Crippen LogP contribution in [0.2, 0.25) is 0 Å². The number of Topliss-reactive ketones (excluding diaryl/α,β-unsaturated/α-hetero) is 1. The van der Waals surface area contributed by atoms with Crippen molar-refractivity contribution in [1.29, 1.82) is 5.26 Å². The summed E-state index contributed by atoms with van der Waals surface area (Å²) in [6.45, 7) is 3.39. The van der Waals surface area contributed by atoms with Crippen LogP contribution < -0.4 is 4.74 Å². The Bertz CT molecular complexity index is 1570. The predicted octanol–water partition coefficient (Wildman–Crippen LogP) is 7.21. The van der Waals surface area contributed by atoms with Gasteiger partial charge in [0.15, 0.2) is 17.2 Å². The van der Waals surface area contributed by atoms with E-state index in [1.165, 1.54) is 18.2 Å². The van der Waals surface area contributed by atoms with Gasteiger partial charge in [0, 0.05) is 25.5 Å². The zero-order valence-corrected chi connectivity index (χ0v) is 23.7. The largest absolute Gasteiger partial charge is 0.485 e. The van der Waals surface area contributed by atoms with Gasteiger partial charge in [-0.1, -0.05) is 36.4 Å². The third kappa shape index (κ3) is 7.78. The number of nitrogens with zero attached hydrogens (tertiary/aromatic N) is 3. The van der Waals surface area contributed by atoms with E-state index >= 15 is 0 Å². The van der Waals surface area contributed by atoms with Crippen LogP contribution in [0.5, 0.6) is 5.75 Å². The van der Waals surface area contributed by atoms with E-state index in [1.54, 1.807) is 23.6 Å². The monoisotopic (exact) mass is 573 g/mol. The Hall–Kier alpha value is -4.58. The van der Waals surface area contributed by atoms with Gasteiger partial charge in [-0.25, -0.2) is 13.8 Å². The van der Waals surface area contributed by atoms with Crippen molar-refractivity contribution in [2.45, 2.75) is 65.6 Å². The number of ketones is 1. The van der Waals surface area contributed by atoms with Crippen molar-refractivity contribution in [2.24, 2.45) is 5.92 Å². The number of imidazole rings is 1. The Morgan fingerprint density at radius 2 is 1.76 bits per heavy atom. The molecule has 0 fully saturated rings. The minimum atomic E-state index is -0.706. The minimum absolute atomic E-state index is 0.124. The molecule has 0 radical (unpaired) electrons. The van der Waals surface area contributed by atoms with Crippen molar-refractivity contribution < 1.29 is 27.8 Å². The third-order valence-electron chi connectivity index (χ3n) is 7.07. The Labute approximate surface area is 243 Å². The molecule has 2 aromatic carbocycles. The highest BCUT2D eigenvalue weighted by molar-refractivity contribution is 5.96. The molecule has 0 aliphatic carbocycles. The second-order valence-corrected chi connectivity index (χ2v) is 10.3. The molecule has 7 nitrogen and oxygen atoms in total. The number of hydrogen-bond donors (Lipinski definition) is 0. The van der Waals surface area contributed by atoms with Crippen LogP contribution >= 0.6 is 0 Å². The summed E-state index contributed by atoms with van der Waals surface area (Å²) in [7, 11) is 0. The standard InChI is InChI=1S/C33H33F2N3O4/c1-22-17-30(41-21-26-27(34)12-8-13-28(26)35)33-37-23(2)32(38(33)19-22)29(39)15-14-24(9-6-7-16-36)18-31(40)42-20-25-10-4-3-5-11-25/h3-5,8,10-13,17,19,24H,6-7,9,14-15,18,20-21H2,1-2H3. The number of pyridine rings is 1. The average Bonchev–Trinajstić information content (AvgIpc) is 3.30. The van der Waals surface area contributed by atoms with E-state index in [0.717, 1.165) is 11.1 Å². The van der Waals surface area contributed by atoms with E-state index < -0.39 is 11.6 Å². The Balaban J connectivity index is 1.46. The number of aromatic nitrogens is 2. The molecule has 1 atom stereocenters. The summed E-state index contributed by atoms with van der Waals surface area (Å²) in [4.78, 5) is 30.6. The molecule has 0 saturated heterocycles. The van der Waals surface area contributed by atoms with Gasteiger partial charge >= 0.3 is 5.97 Å². The van der Waals surface area contributed by atoms with Crippen LogP contribution in [0.15, 0.2) is 60.8 Å². The van der Waals surface area contributed by atoms with Crippen molar-refractivity contribution in [3.05, 3.63) is 101 Å². The second kappa shape index (κ2) is 14.4. The minimum Gasteiger partial charge on any atom is -0.485 e. The van der Waals surface area contributed by atoms with Crippen LogP contribution in [-0.4, -0.2) is 21.1 Å². The average molecular weight is 574 g/mol. The van der Waals surface area contributed by atoms with Crippen molar-refractivity contribution >= 4 is 17.4 Å². The van der Waals surface area contributed by atoms with Crippen LogP contribution in [0.1, 0.15) is 71.4 Å². The van der Waals surface area contributed by atoms with Crippen LogP contribution in [0.3, 0.4) is 0 Å². The number of esters is 1. The van der Waals surface area contributed by atoms with Gasteiger partial charge in [-0.05, 0) is 68.4 Å². The third-order valence-corrected chi connectivity index (χ3v) is 7.07. The molecule has 42 heavy (non-hydrogen) atoms. The number of unbranched alkanes of at least 4 members (excludes halogenated alkanes) is 1. The van der Waals surface area contributed by atoms with Crippen LogP contribution in [0, 0.1) is 42.7 Å². The number of rotatable bonds is 14. The fourth-order valence-corrected chi connectivity index (χ4v) is 4.92. The number of carbonyl (C=O) groups is 2. The van der Waals surface area contributed by atoms with Crippen molar-refractivity contribution in [3.8, 4) is 11.8 Å². The first-order valence-electron chi connectivity index (χ1n) is 13.9. The number of aryl methyl sites for hydroxylation is 2. The zero-order chi connectivity index (χ0) is 30.1. The van der Waals surface area contributed by atoms with E-state index in [0.29, 0.717) is 48.5 Å². The number of ether oxygens (including phenoxy) is 2. The van der Waals surface area contributed by atoms with Crippen molar-refractivity contribution in [3.63, 3.8) is 0 Å². The summed E-state index contributed by atoms with van der Waals surface area (Å²) in [5.41, 5.74) is 2.72. The maximum Gasteiger partial charge on any atom is 0.306 e. The summed E-state index contributed by atoms with van der Waals surface area (Å²) in [6.07, 6.45) is 4.15. The number of hydrogen-bond acceptors (Lipinski definition) is 6. The van der Waals surface area contributed by atoms with E-state index in [-0.39, 0.29) is 49.3 Å². The highest BCUT2D eigenvalue weighted by atomic mass is 19.1. The molecule has 1 unspecified atom stereocenters. The molecule has 2 heterocycles. The van der Waals surface area contributed by atoms with Crippen molar-refractivity contribution in [1.82, 2.24) is 9.38 Å². The summed E-state index contributed by atoms with van der Waals surface area (Å²) < 4.78 is 41.2. The quantitative estimate of drug-likeness (QED) is 0.0899. The Kier molecular flexibility index (Phi) is 10.4. The van der Waals surface area contributed by atoms with E-state index in [2.05, 4.69) is 11.1 Å². The molecule has 218 valence electrons. The number of halogens is 2. The SMILES string of the molecule is Cc1cc(OCc2c(F)cccc2F)c2nc(C)c(C(=O)CCC(CCCC#N)CC(=O)OCc3ccccc3)n2c1. The first kappa shape index (κ1) is 30.4. The van der Waals surface area contributed by atoms with Gasteiger partial charge in [-0.3, -0.25) is 14.0 Å². The first-order valence-corrected chi connectivity index (χ1v) is 13.9. The van der Waals surface area contributed by atoms with Crippen LogP contribution in [0.4, 0.5) is 8.78 Å².